The molecule has 1 aliphatic heterocycles. The molecule has 5 aromatic rings. The zero-order valence-corrected chi connectivity index (χ0v) is 22.7. The second kappa shape index (κ2) is 9.20. The second-order valence-corrected chi connectivity index (χ2v) is 11.5. The maximum absolute atomic E-state index is 13.1. The van der Waals surface area contributed by atoms with Gasteiger partial charge in [-0.25, -0.2) is 18.1 Å². The molecule has 1 atom stereocenters. The Hall–Kier alpha value is -3.79. The van der Waals surface area contributed by atoms with Crippen molar-refractivity contribution < 1.29 is 8.42 Å². The van der Waals surface area contributed by atoms with Crippen molar-refractivity contribution in [2.24, 2.45) is 7.05 Å². The predicted molar refractivity (Wildman–Crippen MR) is 151 cm³/mol. The number of hydrogen-bond donors (Lipinski definition) is 2. The van der Waals surface area contributed by atoms with E-state index in [0.717, 1.165) is 28.2 Å². The zero-order valence-electron chi connectivity index (χ0n) is 20.4. The van der Waals surface area contributed by atoms with Gasteiger partial charge in [0.25, 0.3) is 10.0 Å². The van der Waals surface area contributed by atoms with Gasteiger partial charge >= 0.3 is 0 Å². The lowest BCUT2D eigenvalue weighted by Crippen LogP contribution is -2.25. The molecule has 3 heterocycles. The average Bonchev–Trinajstić information content (AvgIpc) is 3.49. The van der Waals surface area contributed by atoms with Gasteiger partial charge in [-0.2, -0.15) is 5.10 Å². The Morgan fingerprint density at radius 3 is 2.53 bits per heavy atom. The lowest BCUT2D eigenvalue weighted by atomic mass is 9.95. The van der Waals surface area contributed by atoms with Crippen molar-refractivity contribution in [2.45, 2.75) is 17.9 Å². The van der Waals surface area contributed by atoms with Gasteiger partial charge in [0.2, 0.25) is 0 Å². The van der Waals surface area contributed by atoms with Crippen LogP contribution in [0.5, 0.6) is 0 Å². The van der Waals surface area contributed by atoms with Crippen molar-refractivity contribution in [2.75, 3.05) is 10.0 Å². The molecule has 2 N–H and O–H groups in total. The van der Waals surface area contributed by atoms with E-state index in [9.17, 15) is 8.42 Å². The molecule has 0 radical (unpaired) electrons. The molecule has 2 aromatic heterocycles. The first kappa shape index (κ1) is 24.5. The van der Waals surface area contributed by atoms with Crippen molar-refractivity contribution >= 4 is 61.3 Å². The van der Waals surface area contributed by atoms with E-state index in [2.05, 4.69) is 15.1 Å². The molecule has 8 nitrogen and oxygen atoms in total. The van der Waals surface area contributed by atoms with E-state index >= 15 is 0 Å². The van der Waals surface area contributed by atoms with E-state index in [1.165, 1.54) is 0 Å². The Bertz CT molecular complexity index is 1840. The number of allylic oxidation sites excluding steroid dienone is 2. The molecule has 6 rings (SSSR count). The molecule has 1 unspecified atom stereocenters. The smallest absolute Gasteiger partial charge is 0.261 e. The molecular formula is C27H22Cl2N6O2S. The number of aromatic nitrogens is 4. The highest BCUT2D eigenvalue weighted by Gasteiger charge is 2.32. The van der Waals surface area contributed by atoms with E-state index in [-0.39, 0.29) is 10.9 Å². The van der Waals surface area contributed by atoms with Crippen molar-refractivity contribution in [1.82, 2.24) is 19.3 Å². The zero-order chi connectivity index (χ0) is 26.6. The lowest BCUT2D eigenvalue weighted by molar-refractivity contribution is 0.601. The Kier molecular flexibility index (Phi) is 5.94. The van der Waals surface area contributed by atoms with Crippen LogP contribution in [0.1, 0.15) is 24.4 Å². The molecule has 0 fully saturated rings. The van der Waals surface area contributed by atoms with Crippen LogP contribution in [0.15, 0.2) is 89.6 Å². The summed E-state index contributed by atoms with van der Waals surface area (Å²) in [6.45, 7) is 1.98. The van der Waals surface area contributed by atoms with E-state index in [4.69, 9.17) is 28.2 Å². The minimum absolute atomic E-state index is 0.126. The first-order chi connectivity index (χ1) is 18.2. The lowest BCUT2D eigenvalue weighted by Gasteiger charge is -2.30. The number of anilines is 2. The minimum Gasteiger partial charge on any atom is -0.344 e. The third kappa shape index (κ3) is 4.13. The fourth-order valence-corrected chi connectivity index (χ4v) is 6.18. The quantitative estimate of drug-likeness (QED) is 0.260. The SMILES string of the molecule is CC1=C(c2nc3cc(S(=O)(=O)Nc4ccccc4)ccc3n2C)C(c2ccc(Cl)c(Cl)c2)n2nccc2N1. The van der Waals surface area contributed by atoms with Crippen molar-refractivity contribution in [3.63, 3.8) is 0 Å². The Balaban J connectivity index is 1.47. The average molecular weight is 565 g/mol. The number of fused-ring (bicyclic) bond motifs is 2. The summed E-state index contributed by atoms with van der Waals surface area (Å²) < 4.78 is 32.6. The molecule has 0 aliphatic carbocycles. The van der Waals surface area contributed by atoms with E-state index in [1.54, 1.807) is 54.7 Å². The number of benzene rings is 3. The fourth-order valence-electron chi connectivity index (χ4n) is 4.79. The second-order valence-electron chi connectivity index (χ2n) is 9.02. The molecule has 38 heavy (non-hydrogen) atoms. The normalized spacial score (nSPS) is 15.4. The molecular weight excluding hydrogens is 543 g/mol. The topological polar surface area (TPSA) is 93.8 Å². The molecule has 0 spiro atoms. The monoisotopic (exact) mass is 564 g/mol. The molecule has 1 aliphatic rings. The van der Waals surface area contributed by atoms with Crippen LogP contribution in [0.2, 0.25) is 10.0 Å². The van der Waals surface area contributed by atoms with Crippen LogP contribution >= 0.6 is 23.2 Å². The van der Waals surface area contributed by atoms with Crippen LogP contribution in [0.4, 0.5) is 11.5 Å². The summed E-state index contributed by atoms with van der Waals surface area (Å²) in [6.07, 6.45) is 1.73. The van der Waals surface area contributed by atoms with Crippen molar-refractivity contribution in [3.8, 4) is 0 Å². The molecule has 192 valence electrons. The highest BCUT2D eigenvalue weighted by Crippen LogP contribution is 2.42. The van der Waals surface area contributed by atoms with E-state index in [1.807, 2.05) is 47.5 Å². The maximum Gasteiger partial charge on any atom is 0.261 e. The summed E-state index contributed by atoms with van der Waals surface area (Å²) in [7, 11) is -1.90. The number of nitrogens with one attached hydrogen (secondary N) is 2. The van der Waals surface area contributed by atoms with Crippen LogP contribution in [0.3, 0.4) is 0 Å². The molecule has 3 aromatic carbocycles. The van der Waals surface area contributed by atoms with Gasteiger partial charge in [0.05, 0.1) is 32.2 Å². The fraction of sp³-hybridized carbons (Fsp3) is 0.111. The van der Waals surface area contributed by atoms with Gasteiger partial charge in [0, 0.05) is 30.1 Å². The molecule has 0 bridgehead atoms. The summed E-state index contributed by atoms with van der Waals surface area (Å²) in [5.74, 6) is 1.51. The number of nitrogens with zero attached hydrogens (tertiary/aromatic N) is 4. The number of imidazole rings is 1. The highest BCUT2D eigenvalue weighted by molar-refractivity contribution is 7.92. The van der Waals surface area contributed by atoms with Gasteiger partial charge in [0.1, 0.15) is 17.7 Å². The number of hydrogen-bond acceptors (Lipinski definition) is 5. The Labute approximate surface area is 229 Å². The maximum atomic E-state index is 13.1. The summed E-state index contributed by atoms with van der Waals surface area (Å²) in [6, 6.07) is 20.8. The molecule has 0 saturated carbocycles. The van der Waals surface area contributed by atoms with Gasteiger partial charge in [-0.15, -0.1) is 0 Å². The summed E-state index contributed by atoms with van der Waals surface area (Å²) in [5, 5.41) is 8.89. The summed E-state index contributed by atoms with van der Waals surface area (Å²) in [4.78, 5) is 5.04. The van der Waals surface area contributed by atoms with Crippen molar-refractivity contribution in [1.29, 1.82) is 0 Å². The number of aryl methyl sites for hydroxylation is 1. The Morgan fingerprint density at radius 2 is 1.76 bits per heavy atom. The van der Waals surface area contributed by atoms with E-state index < -0.39 is 10.0 Å². The van der Waals surface area contributed by atoms with Crippen LogP contribution in [-0.4, -0.2) is 27.7 Å². The first-order valence-corrected chi connectivity index (χ1v) is 14.0. The summed E-state index contributed by atoms with van der Waals surface area (Å²) in [5.41, 5.74) is 4.50. The predicted octanol–water partition coefficient (Wildman–Crippen LogP) is 6.32. The number of para-hydroxylation sites is 1. The van der Waals surface area contributed by atoms with Crippen LogP contribution in [0, 0.1) is 0 Å². The third-order valence-electron chi connectivity index (χ3n) is 6.60. The standard InChI is InChI=1S/C27H22Cl2N6O2S/c1-16-25(26(35-24(31-16)12-13-30-35)17-8-10-20(28)21(29)14-17)27-32-22-15-19(9-11-23(22)34(27)2)38(36,37)33-18-6-4-3-5-7-18/h3-15,26,31,33H,1-2H3. The van der Waals surface area contributed by atoms with Gasteiger partial charge in [-0.3, -0.25) is 4.72 Å². The highest BCUT2D eigenvalue weighted by atomic mass is 35.5. The van der Waals surface area contributed by atoms with Crippen LogP contribution in [0.25, 0.3) is 16.6 Å². The van der Waals surface area contributed by atoms with Crippen molar-refractivity contribution in [3.05, 3.63) is 106 Å². The van der Waals surface area contributed by atoms with Gasteiger partial charge in [-0.1, -0.05) is 47.5 Å². The number of sulfonamides is 1. The first-order valence-electron chi connectivity index (χ1n) is 11.7. The van der Waals surface area contributed by atoms with Gasteiger partial charge in [-0.05, 0) is 55.0 Å². The van der Waals surface area contributed by atoms with Crippen LogP contribution < -0.4 is 10.0 Å². The molecule has 0 saturated heterocycles. The largest absolute Gasteiger partial charge is 0.344 e. The van der Waals surface area contributed by atoms with Crippen LogP contribution in [-0.2, 0) is 17.1 Å². The van der Waals surface area contributed by atoms with E-state index in [0.29, 0.717) is 27.1 Å². The van der Waals surface area contributed by atoms with Gasteiger partial charge < -0.3 is 9.88 Å². The molecule has 0 amide bonds. The Morgan fingerprint density at radius 1 is 0.974 bits per heavy atom. The van der Waals surface area contributed by atoms with Gasteiger partial charge in [0.15, 0.2) is 0 Å². The summed E-state index contributed by atoms with van der Waals surface area (Å²) >= 11 is 12.6. The minimum atomic E-state index is -3.80. The number of rotatable bonds is 5. The number of halogens is 2. The third-order valence-corrected chi connectivity index (χ3v) is 8.71. The molecule has 11 heteroatoms.